The van der Waals surface area contributed by atoms with E-state index in [-0.39, 0.29) is 37.4 Å². The van der Waals surface area contributed by atoms with Crippen molar-refractivity contribution in [1.29, 1.82) is 0 Å². The molecule has 0 rings (SSSR count). The first-order valence-electron chi connectivity index (χ1n) is 4.62. The number of hydrogen-bond acceptors (Lipinski definition) is 5. The van der Waals surface area contributed by atoms with Crippen LogP contribution in [0.2, 0.25) is 0 Å². The van der Waals surface area contributed by atoms with Crippen molar-refractivity contribution >= 4 is 23.9 Å². The van der Waals surface area contributed by atoms with Crippen molar-refractivity contribution in [2.75, 3.05) is 0 Å². The van der Waals surface area contributed by atoms with E-state index in [2.05, 4.69) is 4.74 Å². The van der Waals surface area contributed by atoms with E-state index >= 15 is 0 Å². The molecule has 0 aliphatic heterocycles. The van der Waals surface area contributed by atoms with Crippen LogP contribution in [-0.2, 0) is 23.9 Å². The number of ether oxygens (including phenoxy) is 1. The van der Waals surface area contributed by atoms with Crippen molar-refractivity contribution < 1.29 is 70.2 Å². The summed E-state index contributed by atoms with van der Waals surface area (Å²) in [7, 11) is 0. The number of hydrogen-bond donors (Lipinski definition) is 3. The topological polar surface area (TPSA) is 138 Å². The molecule has 9 heteroatoms. The van der Waals surface area contributed by atoms with Crippen LogP contribution in [0, 0.1) is 0 Å². The molecule has 0 saturated carbocycles. The Hall–Kier alpha value is -1.12. The van der Waals surface area contributed by atoms with Crippen molar-refractivity contribution in [3.8, 4) is 0 Å². The standard InChI is InChI=1S/C9H12O8.Na.H/c1-2-7(14)17-9(8(15)16,3-5(10)11)4-6(12)13;;/h2-4H2,1H3,(H,10,11)(H,12,13)(H,15,16);;/q;+1;-1. The number of carboxylic acid groups (broad SMARTS) is 3. The van der Waals surface area contributed by atoms with Gasteiger partial charge in [-0.05, 0) is 0 Å². The van der Waals surface area contributed by atoms with Crippen molar-refractivity contribution in [2.45, 2.75) is 31.8 Å². The fourth-order valence-corrected chi connectivity index (χ4v) is 1.11. The fourth-order valence-electron chi connectivity index (χ4n) is 1.11. The van der Waals surface area contributed by atoms with E-state index in [4.69, 9.17) is 15.3 Å². The van der Waals surface area contributed by atoms with Gasteiger partial charge in [-0.25, -0.2) is 4.79 Å². The minimum atomic E-state index is -2.56. The van der Waals surface area contributed by atoms with Gasteiger partial charge in [0.1, 0.15) is 0 Å². The van der Waals surface area contributed by atoms with E-state index < -0.39 is 42.3 Å². The van der Waals surface area contributed by atoms with Crippen LogP contribution in [0.4, 0.5) is 0 Å². The van der Waals surface area contributed by atoms with Gasteiger partial charge in [0.05, 0.1) is 12.8 Å². The SMILES string of the molecule is CCC(=O)OC(CC(=O)O)(CC(=O)O)C(=O)O.[H-].[Na+]. The molecule has 0 unspecified atom stereocenters. The van der Waals surface area contributed by atoms with Crippen molar-refractivity contribution in [3.63, 3.8) is 0 Å². The molecule has 0 heterocycles. The molecule has 0 bridgehead atoms. The molecular weight excluding hydrogens is 259 g/mol. The number of carbonyl (C=O) groups is 4. The number of carbonyl (C=O) groups excluding carboxylic acids is 1. The molecule has 0 aromatic rings. The van der Waals surface area contributed by atoms with Gasteiger partial charge in [0.15, 0.2) is 0 Å². The Labute approximate surface area is 126 Å². The van der Waals surface area contributed by atoms with Crippen molar-refractivity contribution in [2.24, 2.45) is 0 Å². The molecular formula is C9H13NaO8. The Morgan fingerprint density at radius 1 is 1.06 bits per heavy atom. The molecule has 0 spiro atoms. The third-order valence-corrected chi connectivity index (χ3v) is 1.86. The molecule has 0 aliphatic carbocycles. The van der Waals surface area contributed by atoms with Gasteiger partial charge in [-0.1, -0.05) is 6.92 Å². The monoisotopic (exact) mass is 272 g/mol. The fraction of sp³-hybridized carbons (Fsp3) is 0.556. The Morgan fingerprint density at radius 2 is 1.44 bits per heavy atom. The van der Waals surface area contributed by atoms with Gasteiger partial charge in [-0.15, -0.1) is 0 Å². The predicted molar refractivity (Wildman–Crippen MR) is 52.4 cm³/mol. The molecule has 0 radical (unpaired) electrons. The Morgan fingerprint density at radius 3 is 1.67 bits per heavy atom. The average molecular weight is 272 g/mol. The molecule has 0 atom stereocenters. The second-order valence-electron chi connectivity index (χ2n) is 3.27. The number of rotatable bonds is 7. The van der Waals surface area contributed by atoms with Gasteiger partial charge < -0.3 is 21.5 Å². The second kappa shape index (κ2) is 8.06. The quantitative estimate of drug-likeness (QED) is 0.326. The summed E-state index contributed by atoms with van der Waals surface area (Å²) in [6, 6.07) is 0. The molecule has 0 saturated heterocycles. The van der Waals surface area contributed by atoms with Crippen LogP contribution >= 0.6 is 0 Å². The molecule has 8 nitrogen and oxygen atoms in total. The summed E-state index contributed by atoms with van der Waals surface area (Å²) in [6.45, 7) is 1.37. The second-order valence-corrected chi connectivity index (χ2v) is 3.27. The smallest absolute Gasteiger partial charge is 1.00 e. The molecule has 0 amide bonds. The third-order valence-electron chi connectivity index (χ3n) is 1.86. The van der Waals surface area contributed by atoms with Crippen LogP contribution in [0.1, 0.15) is 27.6 Å². The first-order valence-corrected chi connectivity index (χ1v) is 4.62. The van der Waals surface area contributed by atoms with Gasteiger partial charge in [0.25, 0.3) is 0 Å². The van der Waals surface area contributed by atoms with Gasteiger partial charge in [-0.3, -0.25) is 14.4 Å². The minimum absolute atomic E-state index is 0. The summed E-state index contributed by atoms with van der Waals surface area (Å²) in [5.41, 5.74) is -2.56. The van der Waals surface area contributed by atoms with E-state index in [1.165, 1.54) is 6.92 Å². The van der Waals surface area contributed by atoms with Gasteiger partial charge in [0, 0.05) is 6.42 Å². The normalized spacial score (nSPS) is 10.1. The average Bonchev–Trinajstić information content (AvgIpc) is 2.14. The minimum Gasteiger partial charge on any atom is -1.00 e. The van der Waals surface area contributed by atoms with Gasteiger partial charge in [0.2, 0.25) is 5.60 Å². The Balaban J connectivity index is -0.00000128. The van der Waals surface area contributed by atoms with E-state index in [0.29, 0.717) is 0 Å². The van der Waals surface area contributed by atoms with Crippen LogP contribution in [0.3, 0.4) is 0 Å². The van der Waals surface area contributed by atoms with Crippen molar-refractivity contribution in [3.05, 3.63) is 0 Å². The molecule has 3 N–H and O–H groups in total. The van der Waals surface area contributed by atoms with E-state index in [0.717, 1.165) is 0 Å². The summed E-state index contributed by atoms with van der Waals surface area (Å²) in [5.74, 6) is -5.92. The molecule has 98 valence electrons. The van der Waals surface area contributed by atoms with Crippen LogP contribution in [0.5, 0.6) is 0 Å². The van der Waals surface area contributed by atoms with Crippen LogP contribution in [-0.4, -0.2) is 44.8 Å². The zero-order valence-electron chi connectivity index (χ0n) is 11.0. The first-order chi connectivity index (χ1) is 7.73. The Bertz CT molecular complexity index is 340. The van der Waals surface area contributed by atoms with Crippen LogP contribution < -0.4 is 29.6 Å². The molecule has 0 aliphatic rings. The summed E-state index contributed by atoms with van der Waals surface area (Å²) in [6.07, 6.45) is -2.41. The summed E-state index contributed by atoms with van der Waals surface area (Å²) >= 11 is 0. The molecule has 0 aromatic carbocycles. The van der Waals surface area contributed by atoms with Crippen LogP contribution in [0.25, 0.3) is 0 Å². The van der Waals surface area contributed by atoms with E-state index in [9.17, 15) is 19.2 Å². The maximum Gasteiger partial charge on any atom is 1.00 e. The van der Waals surface area contributed by atoms with Gasteiger partial charge in [-0.2, -0.15) is 0 Å². The molecule has 0 fully saturated rings. The van der Waals surface area contributed by atoms with Crippen molar-refractivity contribution in [1.82, 2.24) is 0 Å². The van der Waals surface area contributed by atoms with Crippen LogP contribution in [0.15, 0.2) is 0 Å². The molecule has 18 heavy (non-hydrogen) atoms. The summed E-state index contributed by atoms with van der Waals surface area (Å²) in [5, 5.41) is 26.0. The zero-order valence-corrected chi connectivity index (χ0v) is 12.0. The van der Waals surface area contributed by atoms with Gasteiger partial charge >= 0.3 is 53.4 Å². The largest absolute Gasteiger partial charge is 1.00 e. The molecule has 0 aromatic heterocycles. The number of carboxylic acids is 3. The maximum atomic E-state index is 11.0. The van der Waals surface area contributed by atoms with E-state index in [1.54, 1.807) is 0 Å². The maximum absolute atomic E-state index is 11.0. The Kier molecular flexibility index (Phi) is 8.61. The zero-order chi connectivity index (χ0) is 13.6. The predicted octanol–water partition coefficient (Wildman–Crippen LogP) is -3.17. The number of aliphatic carboxylic acids is 3. The third kappa shape index (κ3) is 5.99. The summed E-state index contributed by atoms with van der Waals surface area (Å²) < 4.78 is 4.47. The first kappa shape index (κ1) is 19.2. The summed E-state index contributed by atoms with van der Waals surface area (Å²) in [4.78, 5) is 43.0. The van der Waals surface area contributed by atoms with E-state index in [1.807, 2.05) is 0 Å². The number of esters is 1.